The van der Waals surface area contributed by atoms with E-state index < -0.39 is 17.7 Å². The van der Waals surface area contributed by atoms with Crippen LogP contribution in [-0.4, -0.2) is 0 Å². The molecule has 2 aromatic rings. The van der Waals surface area contributed by atoms with Crippen LogP contribution in [0.25, 0.3) is 0 Å². The van der Waals surface area contributed by atoms with Gasteiger partial charge in [0.1, 0.15) is 23.1 Å². The number of benzene rings is 2. The fourth-order valence-electron chi connectivity index (χ4n) is 1.72. The average Bonchev–Trinajstić information content (AvgIpc) is 2.33. The number of hydrogen-bond acceptors (Lipinski definition) is 2. The van der Waals surface area contributed by atoms with Crippen molar-refractivity contribution in [2.45, 2.75) is 13.0 Å². The highest BCUT2D eigenvalue weighted by Crippen LogP contribution is 2.31. The molecule has 0 spiro atoms. The third-order valence-corrected chi connectivity index (χ3v) is 2.89. The summed E-state index contributed by atoms with van der Waals surface area (Å²) in [6.07, 6.45) is 0. The first-order valence-electron chi connectivity index (χ1n) is 5.66. The van der Waals surface area contributed by atoms with E-state index in [0.717, 1.165) is 6.07 Å². The third kappa shape index (κ3) is 3.03. The molecule has 0 aliphatic carbocycles. The molecule has 0 aliphatic heterocycles. The van der Waals surface area contributed by atoms with Crippen LogP contribution < -0.4 is 10.5 Å². The Hall–Kier alpha value is -1.65. The van der Waals surface area contributed by atoms with Crippen LogP contribution in [0, 0.1) is 11.6 Å². The highest BCUT2D eigenvalue weighted by Gasteiger charge is 2.14. The van der Waals surface area contributed by atoms with Crippen molar-refractivity contribution in [3.05, 3.63) is 58.6 Å². The molecule has 2 rings (SSSR count). The van der Waals surface area contributed by atoms with Gasteiger partial charge in [0, 0.05) is 17.7 Å². The van der Waals surface area contributed by atoms with Gasteiger partial charge in [-0.2, -0.15) is 0 Å². The molecule has 0 fully saturated rings. The molecule has 0 aromatic heterocycles. The van der Waals surface area contributed by atoms with Gasteiger partial charge in [0.15, 0.2) is 0 Å². The second kappa shape index (κ2) is 5.55. The summed E-state index contributed by atoms with van der Waals surface area (Å²) in [7, 11) is 0. The van der Waals surface area contributed by atoms with E-state index in [1.54, 1.807) is 13.0 Å². The van der Waals surface area contributed by atoms with Crippen LogP contribution in [0.15, 0.2) is 36.4 Å². The van der Waals surface area contributed by atoms with Crippen molar-refractivity contribution < 1.29 is 13.5 Å². The van der Waals surface area contributed by atoms with Gasteiger partial charge < -0.3 is 10.5 Å². The maximum atomic E-state index is 13.7. The molecule has 0 saturated heterocycles. The third-order valence-electron chi connectivity index (χ3n) is 2.59. The zero-order chi connectivity index (χ0) is 14.0. The Labute approximate surface area is 114 Å². The molecule has 100 valence electrons. The van der Waals surface area contributed by atoms with E-state index in [-0.39, 0.29) is 22.1 Å². The minimum absolute atomic E-state index is 0.000918. The summed E-state index contributed by atoms with van der Waals surface area (Å²) in [4.78, 5) is 0. The summed E-state index contributed by atoms with van der Waals surface area (Å²) in [5.41, 5.74) is 5.96. The Bertz CT molecular complexity index is 602. The number of rotatable bonds is 3. The Kier molecular flexibility index (Phi) is 4.02. The van der Waals surface area contributed by atoms with E-state index in [1.807, 2.05) is 0 Å². The molecule has 0 radical (unpaired) electrons. The number of halogens is 3. The largest absolute Gasteiger partial charge is 0.457 e. The first-order chi connectivity index (χ1) is 8.99. The molecule has 1 atom stereocenters. The van der Waals surface area contributed by atoms with Crippen molar-refractivity contribution in [2.75, 3.05) is 0 Å². The van der Waals surface area contributed by atoms with Gasteiger partial charge >= 0.3 is 0 Å². The van der Waals surface area contributed by atoms with E-state index in [1.165, 1.54) is 24.3 Å². The summed E-state index contributed by atoms with van der Waals surface area (Å²) < 4.78 is 32.5. The second-order valence-corrected chi connectivity index (χ2v) is 4.53. The average molecular weight is 284 g/mol. The van der Waals surface area contributed by atoms with Crippen LogP contribution in [-0.2, 0) is 0 Å². The van der Waals surface area contributed by atoms with Gasteiger partial charge in [-0.1, -0.05) is 17.7 Å². The number of ether oxygens (including phenoxy) is 1. The Morgan fingerprint density at radius 1 is 1.16 bits per heavy atom. The Morgan fingerprint density at radius 3 is 2.53 bits per heavy atom. The van der Waals surface area contributed by atoms with Gasteiger partial charge in [-0.05, 0) is 31.2 Å². The zero-order valence-electron chi connectivity index (χ0n) is 10.2. The lowest BCUT2D eigenvalue weighted by Crippen LogP contribution is -2.09. The van der Waals surface area contributed by atoms with Crippen molar-refractivity contribution >= 4 is 11.6 Å². The van der Waals surface area contributed by atoms with E-state index >= 15 is 0 Å². The van der Waals surface area contributed by atoms with Gasteiger partial charge in [-0.15, -0.1) is 0 Å². The first kappa shape index (κ1) is 13.8. The van der Waals surface area contributed by atoms with Crippen LogP contribution in [0.1, 0.15) is 18.5 Å². The number of nitrogens with two attached hydrogens (primary N) is 1. The summed E-state index contributed by atoms with van der Waals surface area (Å²) in [5, 5.41) is -0.000918. The number of hydrogen-bond donors (Lipinski definition) is 1. The summed E-state index contributed by atoms with van der Waals surface area (Å²) in [6, 6.07) is 7.86. The molecule has 0 aliphatic rings. The van der Waals surface area contributed by atoms with E-state index in [9.17, 15) is 8.78 Å². The monoisotopic (exact) mass is 283 g/mol. The topological polar surface area (TPSA) is 35.2 Å². The molecule has 2 aromatic carbocycles. The van der Waals surface area contributed by atoms with E-state index in [4.69, 9.17) is 22.1 Å². The lowest BCUT2D eigenvalue weighted by atomic mass is 10.1. The van der Waals surface area contributed by atoms with Crippen LogP contribution in [0.3, 0.4) is 0 Å². The molecular formula is C14H12ClF2NO. The highest BCUT2D eigenvalue weighted by atomic mass is 35.5. The quantitative estimate of drug-likeness (QED) is 0.904. The maximum Gasteiger partial charge on any atom is 0.145 e. The van der Waals surface area contributed by atoms with E-state index in [0.29, 0.717) is 0 Å². The van der Waals surface area contributed by atoms with Gasteiger partial charge in [0.25, 0.3) is 0 Å². The predicted octanol–water partition coefficient (Wildman–Crippen LogP) is 4.43. The molecule has 2 nitrogen and oxygen atoms in total. The van der Waals surface area contributed by atoms with Crippen LogP contribution in [0.5, 0.6) is 11.5 Å². The molecule has 0 bridgehead atoms. The lowest BCUT2D eigenvalue weighted by Gasteiger charge is -2.14. The van der Waals surface area contributed by atoms with Crippen molar-refractivity contribution in [1.82, 2.24) is 0 Å². The summed E-state index contributed by atoms with van der Waals surface area (Å²) in [6.45, 7) is 1.65. The maximum absolute atomic E-state index is 13.7. The second-order valence-electron chi connectivity index (χ2n) is 4.12. The lowest BCUT2D eigenvalue weighted by molar-refractivity contribution is 0.456. The predicted molar refractivity (Wildman–Crippen MR) is 70.5 cm³/mol. The molecule has 19 heavy (non-hydrogen) atoms. The molecule has 0 amide bonds. The molecule has 5 heteroatoms. The molecule has 2 N–H and O–H groups in total. The molecular weight excluding hydrogens is 272 g/mol. The zero-order valence-corrected chi connectivity index (χ0v) is 10.9. The van der Waals surface area contributed by atoms with Gasteiger partial charge in [0.05, 0.1) is 5.02 Å². The fraction of sp³-hybridized carbons (Fsp3) is 0.143. The smallest absolute Gasteiger partial charge is 0.145 e. The summed E-state index contributed by atoms with van der Waals surface area (Å²) in [5.74, 6) is -0.564. The Morgan fingerprint density at radius 2 is 1.89 bits per heavy atom. The summed E-state index contributed by atoms with van der Waals surface area (Å²) >= 11 is 5.58. The van der Waals surface area contributed by atoms with Crippen molar-refractivity contribution in [3.63, 3.8) is 0 Å². The van der Waals surface area contributed by atoms with Gasteiger partial charge in [-0.25, -0.2) is 8.78 Å². The highest BCUT2D eigenvalue weighted by molar-refractivity contribution is 6.30. The van der Waals surface area contributed by atoms with Crippen molar-refractivity contribution in [3.8, 4) is 11.5 Å². The van der Waals surface area contributed by atoms with Gasteiger partial charge in [0.2, 0.25) is 0 Å². The van der Waals surface area contributed by atoms with Crippen LogP contribution >= 0.6 is 11.6 Å². The Balaban J connectivity index is 2.38. The first-order valence-corrected chi connectivity index (χ1v) is 6.03. The minimum atomic E-state index is -0.599. The van der Waals surface area contributed by atoms with E-state index in [2.05, 4.69) is 0 Å². The normalized spacial score (nSPS) is 12.3. The molecule has 0 saturated carbocycles. The van der Waals surface area contributed by atoms with Gasteiger partial charge in [-0.3, -0.25) is 0 Å². The minimum Gasteiger partial charge on any atom is -0.457 e. The SMILES string of the molecule is C[C@@H](N)c1c(F)cccc1Oc1ccc(Cl)c(F)c1. The fourth-order valence-corrected chi connectivity index (χ4v) is 1.83. The van der Waals surface area contributed by atoms with Crippen LogP contribution in [0.2, 0.25) is 5.02 Å². The molecule has 0 unspecified atom stereocenters. The molecule has 0 heterocycles. The standard InChI is InChI=1S/C14H12ClF2NO/c1-8(18)14-11(16)3-2-4-13(14)19-9-5-6-10(15)12(17)7-9/h2-8H,18H2,1H3/t8-/m1/s1. The van der Waals surface area contributed by atoms with Crippen molar-refractivity contribution in [1.29, 1.82) is 0 Å². The van der Waals surface area contributed by atoms with Crippen molar-refractivity contribution in [2.24, 2.45) is 5.73 Å². The van der Waals surface area contributed by atoms with Crippen LogP contribution in [0.4, 0.5) is 8.78 Å².